The molecule has 134 valence electrons. The van der Waals surface area contributed by atoms with E-state index in [1.165, 1.54) is 14.2 Å². The van der Waals surface area contributed by atoms with Crippen molar-refractivity contribution in [2.24, 2.45) is 11.8 Å². The summed E-state index contributed by atoms with van der Waals surface area (Å²) in [5.74, 6) is -5.44. The first-order valence-corrected chi connectivity index (χ1v) is 7.54. The van der Waals surface area contributed by atoms with Gasteiger partial charge in [-0.2, -0.15) is 0 Å². The minimum Gasteiger partial charge on any atom is -0.469 e. The number of esters is 3. The first kappa shape index (κ1) is 18.4. The standard InChI is InChI=1S/C17H19NO7/c1-23-11(19)9-18-14(10-7-5-4-6-8-10)12(16(21)24-2)13(15(18)20)17(22)25-3/h4-8,12-14H,9H2,1-3H3/t12-,13-,14-/m1/s1. The van der Waals surface area contributed by atoms with Crippen LogP contribution in [-0.2, 0) is 33.4 Å². The number of carbonyl (C=O) groups is 4. The SMILES string of the molecule is COC(=O)CN1C(=O)[C@H](C(=O)OC)[C@@H](C(=O)OC)[C@H]1c1ccccc1. The minimum atomic E-state index is -1.38. The summed E-state index contributed by atoms with van der Waals surface area (Å²) in [6.07, 6.45) is 0. The summed E-state index contributed by atoms with van der Waals surface area (Å²) in [6, 6.07) is 7.81. The van der Waals surface area contributed by atoms with E-state index in [9.17, 15) is 19.2 Å². The van der Waals surface area contributed by atoms with Gasteiger partial charge in [0.05, 0.1) is 27.4 Å². The quantitative estimate of drug-likeness (QED) is 0.429. The van der Waals surface area contributed by atoms with Crippen LogP contribution in [0.5, 0.6) is 0 Å². The average Bonchev–Trinajstić information content (AvgIpc) is 2.93. The molecule has 2 rings (SSSR count). The number of benzene rings is 1. The summed E-state index contributed by atoms with van der Waals surface area (Å²) >= 11 is 0. The van der Waals surface area contributed by atoms with Crippen LogP contribution in [0.15, 0.2) is 30.3 Å². The minimum absolute atomic E-state index is 0.393. The Hall–Kier alpha value is -2.90. The summed E-state index contributed by atoms with van der Waals surface area (Å²) in [4.78, 5) is 50.2. The molecule has 0 aliphatic carbocycles. The highest BCUT2D eigenvalue weighted by atomic mass is 16.5. The van der Waals surface area contributed by atoms with Crippen LogP contribution >= 0.6 is 0 Å². The van der Waals surface area contributed by atoms with E-state index in [0.29, 0.717) is 5.56 Å². The third kappa shape index (κ3) is 3.47. The van der Waals surface area contributed by atoms with E-state index in [1.54, 1.807) is 30.3 Å². The third-order valence-electron chi connectivity index (χ3n) is 4.18. The molecule has 25 heavy (non-hydrogen) atoms. The number of likely N-dealkylation sites (tertiary alicyclic amines) is 1. The predicted octanol–water partition coefficient (Wildman–Crippen LogP) is 0.321. The lowest BCUT2D eigenvalue weighted by atomic mass is 9.86. The number of methoxy groups -OCH3 is 3. The number of carbonyl (C=O) groups excluding carboxylic acids is 4. The van der Waals surface area contributed by atoms with E-state index in [4.69, 9.17) is 4.74 Å². The van der Waals surface area contributed by atoms with Gasteiger partial charge in [0.25, 0.3) is 0 Å². The van der Waals surface area contributed by atoms with Crippen molar-refractivity contribution in [3.05, 3.63) is 35.9 Å². The molecule has 1 aromatic rings. The molecule has 1 heterocycles. The Kier molecular flexibility index (Phi) is 5.74. The van der Waals surface area contributed by atoms with Gasteiger partial charge in [-0.05, 0) is 5.56 Å². The Balaban J connectivity index is 2.56. The Morgan fingerprint density at radius 1 is 0.960 bits per heavy atom. The van der Waals surface area contributed by atoms with Gasteiger partial charge >= 0.3 is 17.9 Å². The fourth-order valence-corrected chi connectivity index (χ4v) is 3.04. The zero-order chi connectivity index (χ0) is 18.6. The van der Waals surface area contributed by atoms with Gasteiger partial charge in [0.1, 0.15) is 12.5 Å². The maximum Gasteiger partial charge on any atom is 0.325 e. The van der Waals surface area contributed by atoms with Crippen molar-refractivity contribution in [3.8, 4) is 0 Å². The maximum atomic E-state index is 12.8. The van der Waals surface area contributed by atoms with Crippen LogP contribution in [0.3, 0.4) is 0 Å². The Morgan fingerprint density at radius 2 is 1.56 bits per heavy atom. The molecule has 8 heteroatoms. The first-order valence-electron chi connectivity index (χ1n) is 7.54. The van der Waals surface area contributed by atoms with E-state index in [2.05, 4.69) is 9.47 Å². The fourth-order valence-electron chi connectivity index (χ4n) is 3.04. The first-order chi connectivity index (χ1) is 12.0. The number of amides is 1. The molecule has 0 spiro atoms. The van der Waals surface area contributed by atoms with Crippen molar-refractivity contribution in [2.75, 3.05) is 27.9 Å². The average molecular weight is 349 g/mol. The maximum absolute atomic E-state index is 12.8. The topological polar surface area (TPSA) is 99.2 Å². The van der Waals surface area contributed by atoms with Crippen LogP contribution in [0, 0.1) is 11.8 Å². The summed E-state index contributed by atoms with van der Waals surface area (Å²) in [7, 11) is 3.49. The molecule has 1 aromatic carbocycles. The Bertz CT molecular complexity index is 673. The van der Waals surface area contributed by atoms with E-state index in [1.807, 2.05) is 0 Å². The lowest BCUT2D eigenvalue weighted by Gasteiger charge is -2.26. The predicted molar refractivity (Wildman–Crippen MR) is 83.9 cm³/mol. The molecule has 0 unspecified atom stereocenters. The van der Waals surface area contributed by atoms with Gasteiger partial charge in [0.15, 0.2) is 5.92 Å². The lowest BCUT2D eigenvalue weighted by Crippen LogP contribution is -2.36. The second-order valence-corrected chi connectivity index (χ2v) is 5.45. The summed E-state index contributed by atoms with van der Waals surface area (Å²) in [5.41, 5.74) is 0.599. The van der Waals surface area contributed by atoms with E-state index >= 15 is 0 Å². The van der Waals surface area contributed by atoms with E-state index < -0.39 is 48.2 Å². The fraction of sp³-hybridized carbons (Fsp3) is 0.412. The monoisotopic (exact) mass is 349 g/mol. The van der Waals surface area contributed by atoms with Gasteiger partial charge in [0, 0.05) is 0 Å². The number of ether oxygens (including phenoxy) is 3. The van der Waals surface area contributed by atoms with Gasteiger partial charge in [0.2, 0.25) is 5.91 Å². The third-order valence-corrected chi connectivity index (χ3v) is 4.18. The highest BCUT2D eigenvalue weighted by Crippen LogP contribution is 2.42. The van der Waals surface area contributed by atoms with Crippen molar-refractivity contribution < 1.29 is 33.4 Å². The molecular formula is C17H19NO7. The number of rotatable bonds is 5. The van der Waals surface area contributed by atoms with Gasteiger partial charge in [-0.1, -0.05) is 30.3 Å². The van der Waals surface area contributed by atoms with Crippen LogP contribution in [0.25, 0.3) is 0 Å². The molecule has 3 atom stereocenters. The van der Waals surface area contributed by atoms with E-state index in [-0.39, 0.29) is 0 Å². The molecule has 0 radical (unpaired) electrons. The lowest BCUT2D eigenvalue weighted by molar-refractivity contribution is -0.159. The van der Waals surface area contributed by atoms with Gasteiger partial charge in [-0.25, -0.2) is 0 Å². The highest BCUT2D eigenvalue weighted by molar-refractivity contribution is 6.05. The normalized spacial score (nSPS) is 22.4. The highest BCUT2D eigenvalue weighted by Gasteiger charge is 2.57. The van der Waals surface area contributed by atoms with Crippen LogP contribution < -0.4 is 0 Å². The molecule has 1 aliphatic rings. The molecule has 0 aromatic heterocycles. The van der Waals surface area contributed by atoms with Crippen LogP contribution in [0.2, 0.25) is 0 Å². The molecule has 0 bridgehead atoms. The smallest absolute Gasteiger partial charge is 0.325 e. The summed E-state index contributed by atoms with van der Waals surface area (Å²) in [6.45, 7) is -0.393. The van der Waals surface area contributed by atoms with E-state index in [0.717, 1.165) is 12.0 Å². The van der Waals surface area contributed by atoms with Gasteiger partial charge in [-0.15, -0.1) is 0 Å². The molecule has 0 saturated carbocycles. The van der Waals surface area contributed by atoms with Crippen LogP contribution in [-0.4, -0.2) is 56.6 Å². The molecule has 1 fully saturated rings. The van der Waals surface area contributed by atoms with Crippen molar-refractivity contribution in [3.63, 3.8) is 0 Å². The van der Waals surface area contributed by atoms with Gasteiger partial charge in [-0.3, -0.25) is 19.2 Å². The second-order valence-electron chi connectivity index (χ2n) is 5.45. The second kappa shape index (κ2) is 7.78. The van der Waals surface area contributed by atoms with Crippen molar-refractivity contribution >= 4 is 23.8 Å². The molecular weight excluding hydrogens is 330 g/mol. The molecule has 1 saturated heterocycles. The van der Waals surface area contributed by atoms with Crippen molar-refractivity contribution in [1.82, 2.24) is 4.90 Å². The zero-order valence-electron chi connectivity index (χ0n) is 14.1. The summed E-state index contributed by atoms with van der Waals surface area (Å²) in [5, 5.41) is 0. The number of hydrogen-bond acceptors (Lipinski definition) is 7. The van der Waals surface area contributed by atoms with Crippen molar-refractivity contribution in [2.45, 2.75) is 6.04 Å². The van der Waals surface area contributed by atoms with Crippen LogP contribution in [0.1, 0.15) is 11.6 Å². The largest absolute Gasteiger partial charge is 0.469 e. The Morgan fingerprint density at radius 3 is 2.08 bits per heavy atom. The van der Waals surface area contributed by atoms with Gasteiger partial charge < -0.3 is 19.1 Å². The zero-order valence-corrected chi connectivity index (χ0v) is 14.1. The molecule has 0 N–H and O–H groups in total. The molecule has 1 aliphatic heterocycles. The van der Waals surface area contributed by atoms with Crippen molar-refractivity contribution in [1.29, 1.82) is 0 Å². The summed E-state index contributed by atoms with van der Waals surface area (Å²) < 4.78 is 14.1. The number of hydrogen-bond donors (Lipinski definition) is 0. The number of nitrogens with zero attached hydrogens (tertiary/aromatic N) is 1. The Labute approximate surface area is 144 Å². The van der Waals surface area contributed by atoms with Crippen LogP contribution in [0.4, 0.5) is 0 Å². The molecule has 1 amide bonds. The molecule has 8 nitrogen and oxygen atoms in total.